The van der Waals surface area contributed by atoms with Crippen LogP contribution in [0.1, 0.15) is 76.6 Å². The van der Waals surface area contributed by atoms with E-state index >= 15 is 0 Å². The zero-order valence-corrected chi connectivity index (χ0v) is 36.2. The van der Waals surface area contributed by atoms with Crippen molar-refractivity contribution in [3.05, 3.63) is 180 Å². The molecule has 2 aliphatic rings. The third-order valence-electron chi connectivity index (χ3n) is 14.5. The van der Waals surface area contributed by atoms with E-state index in [0.29, 0.717) is 17.5 Å². The van der Waals surface area contributed by atoms with Gasteiger partial charge in [0.05, 0.1) is 11.0 Å². The van der Waals surface area contributed by atoms with Gasteiger partial charge in [0, 0.05) is 44.0 Å². The number of aromatic nitrogens is 4. The monoisotopic (exact) mass is 800 g/mol. The Morgan fingerprint density at radius 1 is 0.403 bits per heavy atom. The lowest BCUT2D eigenvalue weighted by Gasteiger charge is -2.42. The van der Waals surface area contributed by atoms with Crippen molar-refractivity contribution in [2.45, 2.75) is 70.6 Å². The normalized spacial score (nSPS) is 15.8. The summed E-state index contributed by atoms with van der Waals surface area (Å²) < 4.78 is 2.53. The summed E-state index contributed by atoms with van der Waals surface area (Å²) in [6, 6.07) is 57.6. The highest BCUT2D eigenvalue weighted by Gasteiger charge is 2.39. The van der Waals surface area contributed by atoms with E-state index in [1.807, 2.05) is 18.2 Å². The van der Waals surface area contributed by atoms with Crippen LogP contribution in [0.25, 0.3) is 94.3 Å². The van der Waals surface area contributed by atoms with E-state index < -0.39 is 0 Å². The lowest BCUT2D eigenvalue weighted by atomic mass is 9.63. The fraction of sp³-hybridized carbons (Fsp3) is 0.190. The zero-order valence-electron chi connectivity index (χ0n) is 36.2. The Hall–Kier alpha value is -6.91. The molecule has 2 heterocycles. The Bertz CT molecular complexity index is 3500. The van der Waals surface area contributed by atoms with E-state index in [1.54, 1.807) is 0 Å². The molecule has 0 saturated heterocycles. The number of hydrogen-bond donors (Lipinski definition) is 0. The van der Waals surface area contributed by atoms with Crippen molar-refractivity contribution < 1.29 is 0 Å². The van der Waals surface area contributed by atoms with Gasteiger partial charge >= 0.3 is 0 Å². The first kappa shape index (κ1) is 36.9. The number of nitrogens with zero attached hydrogens (tertiary/aromatic N) is 4. The average molecular weight is 801 g/mol. The molecule has 4 heteroatoms. The maximum atomic E-state index is 5.32. The Labute approximate surface area is 363 Å². The van der Waals surface area contributed by atoms with Crippen LogP contribution in [-0.4, -0.2) is 19.5 Å². The molecular formula is C58H48N4. The first-order valence-electron chi connectivity index (χ1n) is 22.1. The first-order chi connectivity index (χ1) is 30.0. The zero-order chi connectivity index (χ0) is 42.1. The van der Waals surface area contributed by atoms with Crippen LogP contribution >= 0.6 is 0 Å². The highest BCUT2D eigenvalue weighted by atomic mass is 15.0. The van der Waals surface area contributed by atoms with Gasteiger partial charge in [0.2, 0.25) is 0 Å². The maximum absolute atomic E-state index is 5.32. The van der Waals surface area contributed by atoms with Gasteiger partial charge in [-0.1, -0.05) is 169 Å². The molecule has 0 N–H and O–H groups in total. The molecule has 0 unspecified atom stereocenters. The average Bonchev–Trinajstić information content (AvgIpc) is 3.76. The molecule has 0 spiro atoms. The van der Waals surface area contributed by atoms with E-state index in [1.165, 1.54) is 83.2 Å². The summed E-state index contributed by atoms with van der Waals surface area (Å²) in [7, 11) is 0. The van der Waals surface area contributed by atoms with Crippen LogP contribution in [0.3, 0.4) is 0 Å². The van der Waals surface area contributed by atoms with E-state index in [0.717, 1.165) is 28.8 Å². The summed E-state index contributed by atoms with van der Waals surface area (Å²) in [5.41, 5.74) is 14.5. The second-order valence-corrected chi connectivity index (χ2v) is 19.5. The second kappa shape index (κ2) is 13.0. The van der Waals surface area contributed by atoms with Crippen molar-refractivity contribution >= 4 is 43.4 Å². The predicted molar refractivity (Wildman–Crippen MR) is 258 cm³/mol. The van der Waals surface area contributed by atoms with Gasteiger partial charge in [-0.25, -0.2) is 15.0 Å². The first-order valence-corrected chi connectivity index (χ1v) is 22.1. The highest BCUT2D eigenvalue weighted by molar-refractivity contribution is 6.32. The predicted octanol–water partition coefficient (Wildman–Crippen LogP) is 14.9. The standard InChI is InChI=1S/C58H48N4/c1-56(2)29-30-57(3,4)49-34-50-45(33-48(49)56)51-43-24-12-10-21-39(43)40-22-11-13-25-44(40)52(51)62(50)38-20-16-19-36(31-38)54-59-53(35-17-8-7-9-18-35)60-55(61-54)37-27-28-42-41-23-14-15-26-46(41)58(5,6)47(42)32-37/h7-28,31-34H,29-30H2,1-6H3. The van der Waals surface area contributed by atoms with Crippen LogP contribution in [0, 0.1) is 0 Å². The molecule has 2 aromatic heterocycles. The van der Waals surface area contributed by atoms with Crippen molar-refractivity contribution in [2.75, 3.05) is 0 Å². The molecular weight excluding hydrogens is 753 g/mol. The van der Waals surface area contributed by atoms with Gasteiger partial charge in [-0.3, -0.25) is 0 Å². The second-order valence-electron chi connectivity index (χ2n) is 19.5. The lowest BCUT2D eigenvalue weighted by Crippen LogP contribution is -2.33. The Kier molecular flexibility index (Phi) is 7.77. The van der Waals surface area contributed by atoms with Crippen LogP contribution in [-0.2, 0) is 16.2 Å². The third-order valence-corrected chi connectivity index (χ3v) is 14.5. The minimum Gasteiger partial charge on any atom is -0.309 e. The van der Waals surface area contributed by atoms with Gasteiger partial charge < -0.3 is 4.57 Å². The Morgan fingerprint density at radius 2 is 0.952 bits per heavy atom. The Morgan fingerprint density at radius 3 is 1.68 bits per heavy atom. The van der Waals surface area contributed by atoms with Gasteiger partial charge in [-0.15, -0.1) is 0 Å². The van der Waals surface area contributed by atoms with Crippen molar-refractivity contribution in [3.63, 3.8) is 0 Å². The molecule has 0 bridgehead atoms. The minimum absolute atomic E-state index is 0.0526. The quantitative estimate of drug-likeness (QED) is 0.167. The molecule has 0 atom stereocenters. The molecule has 2 aliphatic carbocycles. The van der Waals surface area contributed by atoms with Gasteiger partial charge in [0.25, 0.3) is 0 Å². The topological polar surface area (TPSA) is 43.6 Å². The number of fused-ring (bicyclic) bond motifs is 12. The summed E-state index contributed by atoms with van der Waals surface area (Å²) in [5.74, 6) is 1.97. The molecule has 4 nitrogen and oxygen atoms in total. The SMILES string of the molecule is CC1(C)CCC(C)(C)c2cc3c(cc21)c1c2ccccc2c2ccccc2c1n3-c1cccc(-c2nc(-c3ccccc3)nc(-c3ccc4c(c3)C(C)(C)c3ccccc3-4)n2)c1. The third kappa shape index (κ3) is 5.35. The number of rotatable bonds is 4. The molecule has 300 valence electrons. The smallest absolute Gasteiger partial charge is 0.164 e. The van der Waals surface area contributed by atoms with E-state index in [9.17, 15) is 0 Å². The lowest BCUT2D eigenvalue weighted by molar-refractivity contribution is 0.332. The fourth-order valence-corrected chi connectivity index (χ4v) is 11.0. The fourth-order valence-electron chi connectivity index (χ4n) is 11.0. The van der Waals surface area contributed by atoms with Gasteiger partial charge in [0.15, 0.2) is 17.5 Å². The molecule has 0 saturated carbocycles. The van der Waals surface area contributed by atoms with Gasteiger partial charge in [-0.2, -0.15) is 0 Å². The summed E-state index contributed by atoms with van der Waals surface area (Å²) in [4.78, 5) is 15.7. The van der Waals surface area contributed by atoms with E-state index in [-0.39, 0.29) is 16.2 Å². The molecule has 12 rings (SSSR count). The van der Waals surface area contributed by atoms with Crippen molar-refractivity contribution in [2.24, 2.45) is 0 Å². The van der Waals surface area contributed by atoms with Crippen LogP contribution in [0.5, 0.6) is 0 Å². The molecule has 0 radical (unpaired) electrons. The summed E-state index contributed by atoms with van der Waals surface area (Å²) in [5, 5.41) is 7.67. The summed E-state index contributed by atoms with van der Waals surface area (Å²) in [6.07, 6.45) is 2.32. The van der Waals surface area contributed by atoms with E-state index in [4.69, 9.17) is 15.0 Å². The maximum Gasteiger partial charge on any atom is 0.164 e. The van der Waals surface area contributed by atoms with Crippen LogP contribution in [0.15, 0.2) is 158 Å². The van der Waals surface area contributed by atoms with E-state index in [2.05, 4.69) is 186 Å². The summed E-state index contributed by atoms with van der Waals surface area (Å²) >= 11 is 0. The Balaban J connectivity index is 1.11. The summed E-state index contributed by atoms with van der Waals surface area (Å²) in [6.45, 7) is 14.3. The van der Waals surface area contributed by atoms with Crippen molar-refractivity contribution in [1.82, 2.24) is 19.5 Å². The van der Waals surface area contributed by atoms with Crippen LogP contribution in [0.2, 0.25) is 0 Å². The molecule has 0 aliphatic heterocycles. The molecule has 62 heavy (non-hydrogen) atoms. The largest absolute Gasteiger partial charge is 0.309 e. The van der Waals surface area contributed by atoms with Crippen molar-refractivity contribution in [1.29, 1.82) is 0 Å². The minimum atomic E-state index is -0.142. The molecule has 8 aromatic carbocycles. The van der Waals surface area contributed by atoms with Crippen LogP contribution < -0.4 is 0 Å². The van der Waals surface area contributed by atoms with Gasteiger partial charge in [-0.05, 0) is 104 Å². The number of benzene rings is 8. The number of hydrogen-bond acceptors (Lipinski definition) is 3. The van der Waals surface area contributed by atoms with Gasteiger partial charge in [0.1, 0.15) is 0 Å². The molecule has 0 amide bonds. The van der Waals surface area contributed by atoms with Crippen molar-refractivity contribution in [3.8, 4) is 51.0 Å². The van der Waals surface area contributed by atoms with Crippen LogP contribution in [0.4, 0.5) is 0 Å². The molecule has 0 fully saturated rings. The highest BCUT2D eigenvalue weighted by Crippen LogP contribution is 2.52. The molecule has 10 aromatic rings.